The molecule has 2 aromatic rings. The summed E-state index contributed by atoms with van der Waals surface area (Å²) in [5.74, 6) is -0.922. The SMILES string of the molecule is CC.CC.O=C(O)/C=C/c1ccccc1.O=Cc1ccccc1. The van der Waals surface area contributed by atoms with E-state index in [4.69, 9.17) is 5.11 Å². The largest absolute Gasteiger partial charge is 0.478 e. The minimum Gasteiger partial charge on any atom is -0.478 e. The quantitative estimate of drug-likeness (QED) is 0.615. The molecule has 1 N–H and O–H groups in total. The number of carbonyl (C=O) groups is 2. The van der Waals surface area contributed by atoms with Gasteiger partial charge in [0.2, 0.25) is 0 Å². The number of carboxylic acid groups (broad SMARTS) is 1. The zero-order valence-electron chi connectivity index (χ0n) is 14.3. The molecule has 0 aliphatic rings. The smallest absolute Gasteiger partial charge is 0.328 e. The summed E-state index contributed by atoms with van der Waals surface area (Å²) in [5, 5.41) is 8.29. The summed E-state index contributed by atoms with van der Waals surface area (Å²) >= 11 is 0. The van der Waals surface area contributed by atoms with Crippen LogP contribution in [0.3, 0.4) is 0 Å². The topological polar surface area (TPSA) is 54.4 Å². The number of rotatable bonds is 3. The van der Waals surface area contributed by atoms with Crippen molar-refractivity contribution < 1.29 is 14.7 Å². The summed E-state index contributed by atoms with van der Waals surface area (Å²) < 4.78 is 0. The van der Waals surface area contributed by atoms with Crippen LogP contribution in [0.4, 0.5) is 0 Å². The second kappa shape index (κ2) is 17.4. The van der Waals surface area contributed by atoms with Gasteiger partial charge in [0.15, 0.2) is 0 Å². The first kappa shape index (κ1) is 22.6. The van der Waals surface area contributed by atoms with Crippen LogP contribution in [0.1, 0.15) is 43.6 Å². The predicted molar refractivity (Wildman–Crippen MR) is 97.6 cm³/mol. The molecule has 0 saturated carbocycles. The highest BCUT2D eigenvalue weighted by atomic mass is 16.4. The highest BCUT2D eigenvalue weighted by molar-refractivity contribution is 5.85. The minimum atomic E-state index is -0.922. The Morgan fingerprint density at radius 1 is 0.783 bits per heavy atom. The molecule has 0 aliphatic carbocycles. The molecule has 0 amide bonds. The normalized spacial score (nSPS) is 8.35. The lowest BCUT2D eigenvalue weighted by molar-refractivity contribution is -0.131. The number of carbonyl (C=O) groups excluding carboxylic acids is 1. The van der Waals surface area contributed by atoms with Gasteiger partial charge in [-0.2, -0.15) is 0 Å². The van der Waals surface area contributed by atoms with Gasteiger partial charge in [0.1, 0.15) is 6.29 Å². The van der Waals surface area contributed by atoms with Crippen molar-refractivity contribution in [2.75, 3.05) is 0 Å². The fraction of sp³-hybridized carbons (Fsp3) is 0.200. The van der Waals surface area contributed by atoms with E-state index in [1.54, 1.807) is 18.2 Å². The van der Waals surface area contributed by atoms with Gasteiger partial charge in [0.05, 0.1) is 0 Å². The fourth-order valence-electron chi connectivity index (χ4n) is 1.26. The van der Waals surface area contributed by atoms with Crippen LogP contribution in [0, 0.1) is 0 Å². The average Bonchev–Trinajstić information content (AvgIpc) is 2.65. The number of aliphatic carboxylic acids is 1. The van der Waals surface area contributed by atoms with E-state index < -0.39 is 5.97 Å². The van der Waals surface area contributed by atoms with Crippen LogP contribution in [-0.4, -0.2) is 17.4 Å². The van der Waals surface area contributed by atoms with Crippen molar-refractivity contribution in [3.8, 4) is 0 Å². The van der Waals surface area contributed by atoms with Crippen molar-refractivity contribution in [2.45, 2.75) is 27.7 Å². The lowest BCUT2D eigenvalue weighted by Gasteiger charge is -1.87. The van der Waals surface area contributed by atoms with E-state index in [-0.39, 0.29) is 0 Å². The standard InChI is InChI=1S/C9H8O2.C7H6O.2C2H6/c10-9(11)7-6-8-4-2-1-3-5-8;8-6-7-4-2-1-3-5-7;2*1-2/h1-7H,(H,10,11);1-6H;2*1-2H3/b7-6+;;;. The van der Waals surface area contributed by atoms with Gasteiger partial charge in [0, 0.05) is 11.6 Å². The number of hydrogen-bond donors (Lipinski definition) is 1. The van der Waals surface area contributed by atoms with Crippen molar-refractivity contribution >= 4 is 18.3 Å². The van der Waals surface area contributed by atoms with Gasteiger partial charge in [-0.1, -0.05) is 88.4 Å². The highest BCUT2D eigenvalue weighted by Crippen LogP contribution is 1.99. The Kier molecular flexibility index (Phi) is 17.1. The summed E-state index contributed by atoms with van der Waals surface area (Å²) in [5.41, 5.74) is 1.63. The zero-order chi connectivity index (χ0) is 17.9. The third-order valence-electron chi connectivity index (χ3n) is 2.15. The van der Waals surface area contributed by atoms with Crippen LogP contribution in [0.15, 0.2) is 66.7 Å². The van der Waals surface area contributed by atoms with Crippen LogP contribution < -0.4 is 0 Å². The van der Waals surface area contributed by atoms with E-state index in [0.717, 1.165) is 23.5 Å². The Morgan fingerprint density at radius 2 is 1.17 bits per heavy atom. The molecule has 0 heterocycles. The summed E-state index contributed by atoms with van der Waals surface area (Å²) in [6.45, 7) is 8.00. The molecular weight excluding hydrogens is 288 g/mol. The maximum absolute atomic E-state index is 10.1. The molecule has 0 saturated heterocycles. The van der Waals surface area contributed by atoms with E-state index in [1.807, 2.05) is 76.2 Å². The van der Waals surface area contributed by atoms with Gasteiger partial charge in [-0.05, 0) is 11.6 Å². The van der Waals surface area contributed by atoms with E-state index >= 15 is 0 Å². The molecular formula is C20H26O3. The Morgan fingerprint density at radius 3 is 1.48 bits per heavy atom. The molecule has 3 heteroatoms. The summed E-state index contributed by atoms with van der Waals surface area (Å²) in [7, 11) is 0. The van der Waals surface area contributed by atoms with Crippen molar-refractivity contribution in [3.05, 3.63) is 77.9 Å². The van der Waals surface area contributed by atoms with Crippen molar-refractivity contribution in [2.24, 2.45) is 0 Å². The first-order valence-electron chi connectivity index (χ1n) is 7.68. The Balaban J connectivity index is 0. The molecule has 23 heavy (non-hydrogen) atoms. The zero-order valence-corrected chi connectivity index (χ0v) is 14.3. The maximum atomic E-state index is 10.1. The van der Waals surface area contributed by atoms with E-state index in [9.17, 15) is 9.59 Å². The van der Waals surface area contributed by atoms with E-state index in [1.165, 1.54) is 0 Å². The monoisotopic (exact) mass is 314 g/mol. The Bertz CT molecular complexity index is 531. The number of benzene rings is 2. The molecule has 0 aromatic heterocycles. The molecule has 0 fully saturated rings. The Hall–Kier alpha value is -2.68. The van der Waals surface area contributed by atoms with Gasteiger partial charge < -0.3 is 5.11 Å². The number of carboxylic acids is 1. The van der Waals surface area contributed by atoms with Crippen molar-refractivity contribution in [1.29, 1.82) is 0 Å². The van der Waals surface area contributed by atoms with E-state index in [0.29, 0.717) is 0 Å². The molecule has 0 bridgehead atoms. The molecule has 124 valence electrons. The molecule has 0 radical (unpaired) electrons. The van der Waals surface area contributed by atoms with Gasteiger partial charge in [-0.25, -0.2) is 4.79 Å². The first-order chi connectivity index (χ1) is 11.2. The second-order valence-electron chi connectivity index (χ2n) is 3.61. The molecule has 0 spiro atoms. The first-order valence-corrected chi connectivity index (χ1v) is 7.68. The predicted octanol–water partition coefficient (Wildman–Crippen LogP) is 5.34. The molecule has 0 atom stereocenters. The lowest BCUT2D eigenvalue weighted by atomic mass is 10.2. The molecule has 3 nitrogen and oxygen atoms in total. The van der Waals surface area contributed by atoms with Crippen LogP contribution in [-0.2, 0) is 4.79 Å². The molecule has 0 unspecified atom stereocenters. The van der Waals surface area contributed by atoms with Gasteiger partial charge >= 0.3 is 5.97 Å². The minimum absolute atomic E-state index is 0.729. The average molecular weight is 314 g/mol. The lowest BCUT2D eigenvalue weighted by Crippen LogP contribution is -1.85. The maximum Gasteiger partial charge on any atom is 0.328 e. The van der Waals surface area contributed by atoms with Crippen LogP contribution >= 0.6 is 0 Å². The summed E-state index contributed by atoms with van der Waals surface area (Å²) in [6.07, 6.45) is 3.51. The highest BCUT2D eigenvalue weighted by Gasteiger charge is 1.86. The van der Waals surface area contributed by atoms with Crippen molar-refractivity contribution in [3.63, 3.8) is 0 Å². The van der Waals surface area contributed by atoms with E-state index in [2.05, 4.69) is 0 Å². The number of aldehydes is 1. The molecule has 2 rings (SSSR count). The van der Waals surface area contributed by atoms with Gasteiger partial charge in [-0.3, -0.25) is 4.79 Å². The van der Waals surface area contributed by atoms with Crippen LogP contribution in [0.25, 0.3) is 6.08 Å². The fourth-order valence-corrected chi connectivity index (χ4v) is 1.26. The third-order valence-corrected chi connectivity index (χ3v) is 2.15. The van der Waals surface area contributed by atoms with Crippen LogP contribution in [0.5, 0.6) is 0 Å². The van der Waals surface area contributed by atoms with Gasteiger partial charge in [0.25, 0.3) is 0 Å². The third kappa shape index (κ3) is 14.0. The number of hydrogen-bond acceptors (Lipinski definition) is 2. The molecule has 0 aliphatic heterocycles. The van der Waals surface area contributed by atoms with Gasteiger partial charge in [-0.15, -0.1) is 0 Å². The summed E-state index contributed by atoms with van der Waals surface area (Å²) in [6, 6.07) is 18.4. The molecule has 2 aromatic carbocycles. The van der Waals surface area contributed by atoms with Crippen molar-refractivity contribution in [1.82, 2.24) is 0 Å². The summed E-state index contributed by atoms with van der Waals surface area (Å²) in [4.78, 5) is 20.1. The Labute approximate surface area is 139 Å². The van der Waals surface area contributed by atoms with Crippen LogP contribution in [0.2, 0.25) is 0 Å². The second-order valence-corrected chi connectivity index (χ2v) is 3.61.